The number of hydrogen-bond acceptors (Lipinski definition) is 5. The summed E-state index contributed by atoms with van der Waals surface area (Å²) >= 11 is 0. The van der Waals surface area contributed by atoms with Gasteiger partial charge in [0.05, 0.1) is 19.3 Å². The lowest BCUT2D eigenvalue weighted by Crippen LogP contribution is -2.32. The van der Waals surface area contributed by atoms with Gasteiger partial charge in [-0.2, -0.15) is 0 Å². The summed E-state index contributed by atoms with van der Waals surface area (Å²) < 4.78 is 10.8. The van der Waals surface area contributed by atoms with Gasteiger partial charge in [0, 0.05) is 32.5 Å². The molecule has 0 radical (unpaired) electrons. The topological polar surface area (TPSA) is 54.8 Å². The number of ether oxygens (including phenoxy) is 2. The predicted molar refractivity (Wildman–Crippen MR) is 80.1 cm³/mol. The van der Waals surface area contributed by atoms with Crippen LogP contribution < -0.4 is 4.90 Å². The minimum absolute atomic E-state index is 0.489. The molecule has 0 fully saturated rings. The monoisotopic (exact) mass is 282 g/mol. The molecule has 1 aromatic heterocycles. The van der Waals surface area contributed by atoms with Crippen molar-refractivity contribution < 1.29 is 14.6 Å². The molecule has 5 nitrogen and oxygen atoms in total. The van der Waals surface area contributed by atoms with Crippen LogP contribution in [-0.2, 0) is 9.47 Å². The molecule has 0 aliphatic carbocycles. The summed E-state index contributed by atoms with van der Waals surface area (Å²) in [6.45, 7) is 9.97. The van der Waals surface area contributed by atoms with Gasteiger partial charge in [-0.15, -0.1) is 0 Å². The average Bonchev–Trinajstić information content (AvgIpc) is 2.46. The Morgan fingerprint density at radius 3 is 2.30 bits per heavy atom. The highest BCUT2D eigenvalue weighted by atomic mass is 16.5. The number of anilines is 1. The van der Waals surface area contributed by atoms with Gasteiger partial charge in [-0.25, -0.2) is 4.98 Å². The number of pyridine rings is 1. The molecular formula is C15H26N2O3. The zero-order valence-corrected chi connectivity index (χ0v) is 12.7. The van der Waals surface area contributed by atoms with Crippen molar-refractivity contribution in [2.75, 3.05) is 44.4 Å². The van der Waals surface area contributed by atoms with E-state index in [4.69, 9.17) is 9.47 Å². The molecule has 1 rings (SSSR count). The third-order valence-corrected chi connectivity index (χ3v) is 3.00. The van der Waals surface area contributed by atoms with Crippen molar-refractivity contribution in [3.63, 3.8) is 0 Å². The van der Waals surface area contributed by atoms with E-state index in [9.17, 15) is 5.11 Å². The Kier molecular flexibility index (Phi) is 8.18. The van der Waals surface area contributed by atoms with Crippen LogP contribution >= 0.6 is 0 Å². The summed E-state index contributed by atoms with van der Waals surface area (Å²) in [5.41, 5.74) is 0.868. The number of hydrogen-bond donors (Lipinski definition) is 1. The van der Waals surface area contributed by atoms with Crippen molar-refractivity contribution in [3.05, 3.63) is 23.9 Å². The Morgan fingerprint density at radius 1 is 1.20 bits per heavy atom. The van der Waals surface area contributed by atoms with Crippen molar-refractivity contribution in [2.45, 2.75) is 26.9 Å². The van der Waals surface area contributed by atoms with Crippen LogP contribution in [0.1, 0.15) is 32.4 Å². The molecule has 0 spiro atoms. The molecule has 0 aliphatic rings. The molecule has 1 aromatic rings. The first-order valence-corrected chi connectivity index (χ1v) is 7.23. The van der Waals surface area contributed by atoms with E-state index in [-0.39, 0.29) is 0 Å². The molecule has 5 heteroatoms. The third kappa shape index (κ3) is 5.86. The zero-order valence-electron chi connectivity index (χ0n) is 12.7. The summed E-state index contributed by atoms with van der Waals surface area (Å²) in [6.07, 6.45) is 1.24. The molecule has 1 atom stereocenters. The molecule has 114 valence electrons. The van der Waals surface area contributed by atoms with Crippen molar-refractivity contribution >= 4 is 5.82 Å². The van der Waals surface area contributed by atoms with Crippen LogP contribution in [0.5, 0.6) is 0 Å². The highest BCUT2D eigenvalue weighted by Gasteiger charge is 2.10. The normalized spacial score (nSPS) is 12.4. The van der Waals surface area contributed by atoms with Crippen LogP contribution in [0.25, 0.3) is 0 Å². The molecule has 1 N–H and O–H groups in total. The molecule has 0 aromatic carbocycles. The quantitative estimate of drug-likeness (QED) is 0.665. The van der Waals surface area contributed by atoms with Crippen LogP contribution in [-0.4, -0.2) is 49.6 Å². The van der Waals surface area contributed by atoms with E-state index in [1.807, 2.05) is 26.0 Å². The lowest BCUT2D eigenvalue weighted by Gasteiger charge is -2.24. The second kappa shape index (κ2) is 9.69. The van der Waals surface area contributed by atoms with Gasteiger partial charge in [-0.1, -0.05) is 0 Å². The Morgan fingerprint density at radius 2 is 1.80 bits per heavy atom. The maximum absolute atomic E-state index is 9.66. The first-order valence-electron chi connectivity index (χ1n) is 7.23. The first-order chi connectivity index (χ1) is 9.69. The molecule has 0 aliphatic heterocycles. The summed E-state index contributed by atoms with van der Waals surface area (Å²) in [4.78, 5) is 6.51. The van der Waals surface area contributed by atoms with Gasteiger partial charge in [0.1, 0.15) is 5.82 Å². The minimum atomic E-state index is -0.489. The fourth-order valence-electron chi connectivity index (χ4n) is 1.85. The molecule has 1 heterocycles. The van der Waals surface area contributed by atoms with E-state index in [1.54, 1.807) is 13.1 Å². The second-order valence-electron chi connectivity index (χ2n) is 4.50. The van der Waals surface area contributed by atoms with Gasteiger partial charge < -0.3 is 19.5 Å². The first kappa shape index (κ1) is 16.9. The van der Waals surface area contributed by atoms with Gasteiger partial charge >= 0.3 is 0 Å². The molecular weight excluding hydrogens is 256 g/mol. The van der Waals surface area contributed by atoms with E-state index < -0.39 is 6.10 Å². The number of aromatic nitrogens is 1. The molecule has 20 heavy (non-hydrogen) atoms. The number of rotatable bonds is 10. The van der Waals surface area contributed by atoms with E-state index >= 15 is 0 Å². The fraction of sp³-hybridized carbons (Fsp3) is 0.667. The Balaban J connectivity index is 2.71. The van der Waals surface area contributed by atoms with Gasteiger partial charge in [-0.3, -0.25) is 0 Å². The van der Waals surface area contributed by atoms with Gasteiger partial charge in [-0.05, 0) is 38.5 Å². The molecule has 0 bridgehead atoms. The molecule has 0 amide bonds. The Bertz CT molecular complexity index is 362. The van der Waals surface area contributed by atoms with E-state index in [0.29, 0.717) is 26.4 Å². The minimum Gasteiger partial charge on any atom is -0.389 e. The Hall–Kier alpha value is -1.17. The highest BCUT2D eigenvalue weighted by Crippen LogP contribution is 2.17. The molecule has 0 saturated carbocycles. The fourth-order valence-corrected chi connectivity index (χ4v) is 1.85. The smallest absolute Gasteiger partial charge is 0.128 e. The second-order valence-corrected chi connectivity index (χ2v) is 4.50. The van der Waals surface area contributed by atoms with E-state index in [1.165, 1.54) is 0 Å². The van der Waals surface area contributed by atoms with Crippen molar-refractivity contribution in [1.29, 1.82) is 0 Å². The van der Waals surface area contributed by atoms with Crippen LogP contribution in [0.3, 0.4) is 0 Å². The zero-order chi connectivity index (χ0) is 14.8. The summed E-state index contributed by atoms with van der Waals surface area (Å²) in [5.74, 6) is 0.850. The summed E-state index contributed by atoms with van der Waals surface area (Å²) in [6, 6.07) is 3.75. The van der Waals surface area contributed by atoms with Gasteiger partial charge in [0.2, 0.25) is 0 Å². The highest BCUT2D eigenvalue weighted by molar-refractivity contribution is 5.41. The number of aliphatic hydroxyl groups is 1. The maximum Gasteiger partial charge on any atom is 0.128 e. The third-order valence-electron chi connectivity index (χ3n) is 3.00. The summed E-state index contributed by atoms with van der Waals surface area (Å²) in [7, 11) is 0. The van der Waals surface area contributed by atoms with E-state index in [0.717, 1.165) is 24.5 Å². The van der Waals surface area contributed by atoms with Crippen LogP contribution in [0.15, 0.2) is 18.3 Å². The van der Waals surface area contributed by atoms with E-state index in [2.05, 4.69) is 9.88 Å². The number of nitrogens with zero attached hydrogens (tertiary/aromatic N) is 2. The average molecular weight is 282 g/mol. The van der Waals surface area contributed by atoms with Crippen molar-refractivity contribution in [1.82, 2.24) is 4.98 Å². The largest absolute Gasteiger partial charge is 0.389 e. The van der Waals surface area contributed by atoms with Crippen molar-refractivity contribution in [2.24, 2.45) is 0 Å². The van der Waals surface area contributed by atoms with Crippen LogP contribution in [0.4, 0.5) is 5.82 Å². The predicted octanol–water partition coefficient (Wildman–Crippen LogP) is 2.01. The van der Waals surface area contributed by atoms with Gasteiger partial charge in [0.25, 0.3) is 0 Å². The summed E-state index contributed by atoms with van der Waals surface area (Å²) in [5, 5.41) is 9.66. The van der Waals surface area contributed by atoms with Gasteiger partial charge in [0.15, 0.2) is 0 Å². The van der Waals surface area contributed by atoms with Crippen molar-refractivity contribution in [3.8, 4) is 0 Å². The van der Waals surface area contributed by atoms with Crippen LogP contribution in [0, 0.1) is 0 Å². The lowest BCUT2D eigenvalue weighted by molar-refractivity contribution is 0.141. The lowest BCUT2D eigenvalue weighted by atomic mass is 10.1. The van der Waals surface area contributed by atoms with Crippen LogP contribution in [0.2, 0.25) is 0 Å². The Labute approximate surface area is 121 Å². The number of aliphatic hydroxyl groups excluding tert-OH is 1. The molecule has 0 unspecified atom stereocenters. The SMILES string of the molecule is CCOCCN(CCOCC)c1cc([C@@H](C)O)ccn1. The standard InChI is InChI=1S/C15H26N2O3/c1-4-19-10-8-17(9-11-20-5-2)15-12-14(13(3)18)6-7-16-15/h6-7,12-13,18H,4-5,8-11H2,1-3H3/t13-/m1/s1. The molecule has 0 saturated heterocycles. The maximum atomic E-state index is 9.66.